The molecule has 2 aromatic rings. The smallest absolute Gasteiger partial charge is 0.262 e. The van der Waals surface area contributed by atoms with E-state index in [0.29, 0.717) is 18.0 Å². The Balaban J connectivity index is 1.73. The van der Waals surface area contributed by atoms with E-state index in [0.717, 1.165) is 10.2 Å². The van der Waals surface area contributed by atoms with E-state index >= 15 is 0 Å². The fraction of sp³-hybridized carbons (Fsp3) is 0.154. The van der Waals surface area contributed by atoms with Gasteiger partial charge in [-0.25, -0.2) is 0 Å². The van der Waals surface area contributed by atoms with E-state index in [1.54, 1.807) is 0 Å². The molecule has 1 aromatic heterocycles. The van der Waals surface area contributed by atoms with Crippen molar-refractivity contribution in [3.63, 3.8) is 0 Å². The van der Waals surface area contributed by atoms with Crippen LogP contribution in [0.5, 0.6) is 5.75 Å². The number of hydrogen-bond donors (Lipinski definition) is 1. The summed E-state index contributed by atoms with van der Waals surface area (Å²) in [6, 6.07) is 11.4. The van der Waals surface area contributed by atoms with Gasteiger partial charge >= 0.3 is 0 Å². The average Bonchev–Trinajstić information content (AvgIpc) is 2.82. The van der Waals surface area contributed by atoms with Crippen LogP contribution in [0.3, 0.4) is 0 Å². The minimum absolute atomic E-state index is 0.0754. The van der Waals surface area contributed by atoms with Crippen molar-refractivity contribution < 1.29 is 9.53 Å². The highest BCUT2D eigenvalue weighted by atomic mass is 79.9. The number of para-hydroxylation sites is 1. The molecule has 0 fully saturated rings. The number of carbonyl (C=O) groups is 1. The highest BCUT2D eigenvalue weighted by Crippen LogP contribution is 2.22. The van der Waals surface area contributed by atoms with Gasteiger partial charge in [0.15, 0.2) is 0 Å². The van der Waals surface area contributed by atoms with Crippen LogP contribution in [0.15, 0.2) is 46.3 Å². The molecular formula is C13H12BrNO2S. The van der Waals surface area contributed by atoms with E-state index in [2.05, 4.69) is 21.2 Å². The van der Waals surface area contributed by atoms with Crippen LogP contribution in [0.25, 0.3) is 0 Å². The van der Waals surface area contributed by atoms with E-state index in [-0.39, 0.29) is 5.91 Å². The maximum atomic E-state index is 11.8. The van der Waals surface area contributed by atoms with Crippen molar-refractivity contribution in [2.75, 3.05) is 13.2 Å². The van der Waals surface area contributed by atoms with Crippen LogP contribution in [0, 0.1) is 0 Å². The number of benzene rings is 1. The Morgan fingerprint density at radius 3 is 2.72 bits per heavy atom. The fourth-order valence-corrected chi connectivity index (χ4v) is 2.85. The van der Waals surface area contributed by atoms with E-state index in [4.69, 9.17) is 4.74 Å². The first-order chi connectivity index (χ1) is 8.77. The fourth-order valence-electron chi connectivity index (χ4n) is 1.39. The zero-order valence-electron chi connectivity index (χ0n) is 9.56. The van der Waals surface area contributed by atoms with Crippen molar-refractivity contribution in [1.29, 1.82) is 0 Å². The van der Waals surface area contributed by atoms with Gasteiger partial charge in [-0.2, -0.15) is 0 Å². The molecule has 1 heterocycles. The standard InChI is InChI=1S/C13H12BrNO2S/c14-11-6-9-18-12(11)13(16)15-7-8-17-10-4-2-1-3-5-10/h1-6,9H,7-8H2,(H,15,16). The van der Waals surface area contributed by atoms with Crippen molar-refractivity contribution in [3.05, 3.63) is 51.1 Å². The van der Waals surface area contributed by atoms with Gasteiger partial charge in [0.1, 0.15) is 17.2 Å². The first-order valence-corrected chi connectivity index (χ1v) is 7.13. The summed E-state index contributed by atoms with van der Waals surface area (Å²) in [4.78, 5) is 12.4. The second kappa shape index (κ2) is 6.56. The molecule has 1 amide bonds. The summed E-state index contributed by atoms with van der Waals surface area (Å²) < 4.78 is 6.31. The van der Waals surface area contributed by atoms with Crippen molar-refractivity contribution in [2.24, 2.45) is 0 Å². The lowest BCUT2D eigenvalue weighted by Gasteiger charge is -2.07. The number of halogens is 1. The Labute approximate surface area is 118 Å². The third-order valence-electron chi connectivity index (χ3n) is 2.22. The normalized spacial score (nSPS) is 10.1. The van der Waals surface area contributed by atoms with Crippen molar-refractivity contribution >= 4 is 33.2 Å². The van der Waals surface area contributed by atoms with Gasteiger partial charge in [-0.3, -0.25) is 4.79 Å². The molecule has 1 N–H and O–H groups in total. The van der Waals surface area contributed by atoms with Gasteiger partial charge < -0.3 is 10.1 Å². The molecule has 18 heavy (non-hydrogen) atoms. The summed E-state index contributed by atoms with van der Waals surface area (Å²) in [5.41, 5.74) is 0. The van der Waals surface area contributed by atoms with Gasteiger partial charge in [0.05, 0.1) is 6.54 Å². The summed E-state index contributed by atoms with van der Waals surface area (Å²) in [6.07, 6.45) is 0. The molecule has 3 nitrogen and oxygen atoms in total. The van der Waals surface area contributed by atoms with Crippen molar-refractivity contribution in [1.82, 2.24) is 5.32 Å². The van der Waals surface area contributed by atoms with Crippen molar-refractivity contribution in [2.45, 2.75) is 0 Å². The molecule has 0 atom stereocenters. The monoisotopic (exact) mass is 325 g/mol. The lowest BCUT2D eigenvalue weighted by atomic mass is 10.3. The maximum absolute atomic E-state index is 11.8. The Morgan fingerprint density at radius 2 is 2.06 bits per heavy atom. The van der Waals surface area contributed by atoms with Gasteiger partial charge in [0.2, 0.25) is 0 Å². The summed E-state index contributed by atoms with van der Waals surface area (Å²) in [5.74, 6) is 0.734. The van der Waals surface area contributed by atoms with E-state index in [9.17, 15) is 4.79 Å². The SMILES string of the molecule is O=C(NCCOc1ccccc1)c1sccc1Br. The van der Waals surface area contributed by atoms with Crippen LogP contribution in [-0.2, 0) is 0 Å². The lowest BCUT2D eigenvalue weighted by molar-refractivity contribution is 0.0950. The zero-order chi connectivity index (χ0) is 12.8. The minimum Gasteiger partial charge on any atom is -0.492 e. The van der Waals surface area contributed by atoms with Crippen LogP contribution in [0.2, 0.25) is 0 Å². The largest absolute Gasteiger partial charge is 0.492 e. The number of thiophene rings is 1. The van der Waals surface area contributed by atoms with Crippen LogP contribution >= 0.6 is 27.3 Å². The second-order valence-electron chi connectivity index (χ2n) is 3.52. The van der Waals surface area contributed by atoms with E-state index in [1.165, 1.54) is 11.3 Å². The first-order valence-electron chi connectivity index (χ1n) is 5.46. The van der Waals surface area contributed by atoms with E-state index in [1.807, 2.05) is 41.8 Å². The van der Waals surface area contributed by atoms with Crippen LogP contribution < -0.4 is 10.1 Å². The first kappa shape index (κ1) is 13.1. The molecule has 1 aromatic carbocycles. The third kappa shape index (κ3) is 3.58. The second-order valence-corrected chi connectivity index (χ2v) is 5.29. The number of carbonyl (C=O) groups excluding carboxylic acids is 1. The van der Waals surface area contributed by atoms with Gasteiger partial charge in [-0.05, 0) is 39.5 Å². The highest BCUT2D eigenvalue weighted by Gasteiger charge is 2.10. The van der Waals surface area contributed by atoms with Crippen LogP contribution in [0.4, 0.5) is 0 Å². The summed E-state index contributed by atoms with van der Waals surface area (Å²) in [6.45, 7) is 0.941. The molecule has 0 spiro atoms. The third-order valence-corrected chi connectivity index (χ3v) is 4.06. The molecule has 0 aliphatic carbocycles. The lowest BCUT2D eigenvalue weighted by Crippen LogP contribution is -2.27. The molecule has 0 saturated heterocycles. The Hall–Kier alpha value is -1.33. The molecule has 0 aliphatic rings. The average molecular weight is 326 g/mol. The highest BCUT2D eigenvalue weighted by molar-refractivity contribution is 9.10. The van der Waals surface area contributed by atoms with Gasteiger partial charge in [-0.15, -0.1) is 11.3 Å². The summed E-state index contributed by atoms with van der Waals surface area (Å²) >= 11 is 4.74. The van der Waals surface area contributed by atoms with Gasteiger partial charge in [0, 0.05) is 4.47 Å². The van der Waals surface area contributed by atoms with Gasteiger partial charge in [-0.1, -0.05) is 18.2 Å². The maximum Gasteiger partial charge on any atom is 0.262 e. The minimum atomic E-state index is -0.0754. The molecule has 5 heteroatoms. The molecular weight excluding hydrogens is 314 g/mol. The summed E-state index contributed by atoms with van der Waals surface area (Å²) in [5, 5.41) is 4.69. The number of ether oxygens (including phenoxy) is 1. The Bertz CT molecular complexity index is 513. The quantitative estimate of drug-likeness (QED) is 0.856. The zero-order valence-corrected chi connectivity index (χ0v) is 12.0. The Kier molecular flexibility index (Phi) is 4.78. The summed E-state index contributed by atoms with van der Waals surface area (Å²) in [7, 11) is 0. The predicted molar refractivity (Wildman–Crippen MR) is 76.3 cm³/mol. The molecule has 94 valence electrons. The predicted octanol–water partition coefficient (Wildman–Crippen LogP) is 3.32. The molecule has 0 unspecified atom stereocenters. The van der Waals surface area contributed by atoms with Crippen LogP contribution in [0.1, 0.15) is 9.67 Å². The number of rotatable bonds is 5. The van der Waals surface area contributed by atoms with Crippen LogP contribution in [-0.4, -0.2) is 19.1 Å². The molecule has 2 rings (SSSR count). The van der Waals surface area contributed by atoms with Crippen molar-refractivity contribution in [3.8, 4) is 5.75 Å². The number of nitrogens with one attached hydrogen (secondary N) is 1. The molecule has 0 radical (unpaired) electrons. The van der Waals surface area contributed by atoms with Gasteiger partial charge in [0.25, 0.3) is 5.91 Å². The molecule has 0 saturated carbocycles. The van der Waals surface area contributed by atoms with E-state index < -0.39 is 0 Å². The molecule has 0 bridgehead atoms. The molecule has 0 aliphatic heterocycles. The number of hydrogen-bond acceptors (Lipinski definition) is 3. The Morgan fingerprint density at radius 1 is 1.28 bits per heavy atom. The topological polar surface area (TPSA) is 38.3 Å². The number of amides is 1.